The Labute approximate surface area is 185 Å². The van der Waals surface area contributed by atoms with Gasteiger partial charge in [-0.05, 0) is 38.6 Å². The van der Waals surface area contributed by atoms with Crippen molar-refractivity contribution in [3.63, 3.8) is 0 Å². The number of aryl methyl sites for hydroxylation is 2. The summed E-state index contributed by atoms with van der Waals surface area (Å²) >= 11 is 7.72. The molecule has 0 saturated heterocycles. The van der Waals surface area contributed by atoms with Gasteiger partial charge in [-0.3, -0.25) is 9.59 Å². The molecule has 160 valence electrons. The summed E-state index contributed by atoms with van der Waals surface area (Å²) in [4.78, 5) is 35.0. The first-order valence-electron chi connectivity index (χ1n) is 9.99. The topological polar surface area (TPSA) is 73.7 Å². The molecule has 6 nitrogen and oxygen atoms in total. The molecule has 1 atom stereocenters. The average Bonchev–Trinajstić information content (AvgIpc) is 3.19. The van der Waals surface area contributed by atoms with E-state index in [-0.39, 0.29) is 11.4 Å². The summed E-state index contributed by atoms with van der Waals surface area (Å²) < 4.78 is 0. The SMILES string of the molecule is CCN(CC)CCN1C(=O)C(O)=C(C(=O)c2sc(C)nc2C)C1c1ccccc1Cl. The highest BCUT2D eigenvalue weighted by Crippen LogP contribution is 2.42. The van der Waals surface area contributed by atoms with Crippen LogP contribution in [0.15, 0.2) is 35.6 Å². The number of carbonyl (C=O) groups excluding carboxylic acids is 2. The highest BCUT2D eigenvalue weighted by atomic mass is 35.5. The number of aromatic nitrogens is 1. The van der Waals surface area contributed by atoms with Crippen molar-refractivity contribution in [3.05, 3.63) is 61.8 Å². The molecule has 0 spiro atoms. The number of ketones is 1. The molecule has 2 aromatic rings. The molecule has 0 saturated carbocycles. The Morgan fingerprint density at radius 3 is 2.50 bits per heavy atom. The Kier molecular flexibility index (Phi) is 6.95. The van der Waals surface area contributed by atoms with Crippen LogP contribution in [0.2, 0.25) is 5.02 Å². The molecule has 0 bridgehead atoms. The Hall–Kier alpha value is -2.22. The Morgan fingerprint density at radius 1 is 1.27 bits per heavy atom. The summed E-state index contributed by atoms with van der Waals surface area (Å²) in [7, 11) is 0. The largest absolute Gasteiger partial charge is 0.503 e. The molecule has 1 N–H and O–H groups in total. The number of aliphatic hydroxyl groups excluding tert-OH is 1. The second-order valence-electron chi connectivity index (χ2n) is 7.19. The molecule has 1 aliphatic heterocycles. The minimum Gasteiger partial charge on any atom is -0.503 e. The minimum absolute atomic E-state index is 0.0689. The summed E-state index contributed by atoms with van der Waals surface area (Å²) in [6, 6.07) is 6.39. The first-order valence-corrected chi connectivity index (χ1v) is 11.2. The quantitative estimate of drug-likeness (QED) is 0.609. The van der Waals surface area contributed by atoms with Gasteiger partial charge in [0, 0.05) is 18.1 Å². The van der Waals surface area contributed by atoms with Crippen molar-refractivity contribution in [2.45, 2.75) is 33.7 Å². The number of Topliss-reactive ketones (excluding diaryl/α,β-unsaturated/α-hetero) is 1. The molecule has 1 amide bonds. The van der Waals surface area contributed by atoms with Gasteiger partial charge in [-0.25, -0.2) is 4.98 Å². The summed E-state index contributed by atoms with van der Waals surface area (Å²) in [5.41, 5.74) is 1.28. The van der Waals surface area contributed by atoms with E-state index in [1.165, 1.54) is 11.3 Å². The maximum Gasteiger partial charge on any atom is 0.290 e. The van der Waals surface area contributed by atoms with Crippen molar-refractivity contribution in [2.75, 3.05) is 26.2 Å². The fraction of sp³-hybridized carbons (Fsp3) is 0.409. The molecule has 8 heteroatoms. The Bertz CT molecular complexity index is 997. The Balaban J connectivity index is 2.07. The van der Waals surface area contributed by atoms with Gasteiger partial charge in [0.1, 0.15) is 0 Å². The van der Waals surface area contributed by atoms with E-state index in [4.69, 9.17) is 11.6 Å². The Morgan fingerprint density at radius 2 is 1.93 bits per heavy atom. The zero-order valence-electron chi connectivity index (χ0n) is 17.6. The monoisotopic (exact) mass is 447 g/mol. The van der Waals surface area contributed by atoms with E-state index in [1.54, 1.807) is 30.0 Å². The number of nitrogens with zero attached hydrogens (tertiary/aromatic N) is 3. The van der Waals surface area contributed by atoms with Crippen molar-refractivity contribution in [3.8, 4) is 0 Å². The van der Waals surface area contributed by atoms with Gasteiger partial charge in [-0.1, -0.05) is 43.6 Å². The molecule has 3 rings (SSSR count). The van der Waals surface area contributed by atoms with Gasteiger partial charge in [-0.15, -0.1) is 11.3 Å². The molecular formula is C22H26ClN3O3S. The predicted molar refractivity (Wildman–Crippen MR) is 119 cm³/mol. The highest BCUT2D eigenvalue weighted by molar-refractivity contribution is 7.14. The standard InChI is InChI=1S/C22H26ClN3O3S/c1-5-25(6-2)11-12-26-18(15-9-7-8-10-16(15)23)17(20(28)22(26)29)19(27)21-13(3)24-14(4)30-21/h7-10,18,28H,5-6,11-12H2,1-4H3. The van der Waals surface area contributed by atoms with Gasteiger partial charge in [0.05, 0.1) is 27.2 Å². The maximum absolute atomic E-state index is 13.4. The summed E-state index contributed by atoms with van der Waals surface area (Å²) in [5.74, 6) is -1.43. The first kappa shape index (κ1) is 22.5. The van der Waals surface area contributed by atoms with Gasteiger partial charge in [0.25, 0.3) is 5.91 Å². The molecular weight excluding hydrogens is 422 g/mol. The fourth-order valence-electron chi connectivity index (χ4n) is 3.79. The van der Waals surface area contributed by atoms with Gasteiger partial charge in [0.15, 0.2) is 5.76 Å². The third-order valence-electron chi connectivity index (χ3n) is 5.41. The molecule has 1 aromatic heterocycles. The van der Waals surface area contributed by atoms with E-state index in [2.05, 4.69) is 23.7 Å². The molecule has 1 aromatic carbocycles. The number of likely N-dealkylation sites (N-methyl/N-ethyl adjacent to an activating group) is 1. The summed E-state index contributed by atoms with van der Waals surface area (Å²) in [6.07, 6.45) is 0. The van der Waals surface area contributed by atoms with Gasteiger partial charge in [-0.2, -0.15) is 0 Å². The van der Waals surface area contributed by atoms with Crippen LogP contribution in [0.25, 0.3) is 0 Å². The van der Waals surface area contributed by atoms with Gasteiger partial charge >= 0.3 is 0 Å². The lowest BCUT2D eigenvalue weighted by atomic mass is 9.95. The van der Waals surface area contributed by atoms with E-state index >= 15 is 0 Å². The molecule has 1 aliphatic rings. The van der Waals surface area contributed by atoms with Crippen LogP contribution in [0.5, 0.6) is 0 Å². The zero-order chi connectivity index (χ0) is 22.0. The average molecular weight is 448 g/mol. The van der Waals surface area contributed by atoms with Crippen LogP contribution in [0, 0.1) is 13.8 Å². The van der Waals surface area contributed by atoms with Crippen LogP contribution >= 0.6 is 22.9 Å². The van der Waals surface area contributed by atoms with Crippen molar-refractivity contribution in [1.29, 1.82) is 0 Å². The second kappa shape index (κ2) is 9.29. The van der Waals surface area contributed by atoms with Crippen LogP contribution in [0.4, 0.5) is 0 Å². The van der Waals surface area contributed by atoms with Crippen molar-refractivity contribution in [2.24, 2.45) is 0 Å². The van der Waals surface area contributed by atoms with E-state index in [0.29, 0.717) is 34.2 Å². The third-order valence-corrected chi connectivity index (χ3v) is 6.83. The fourth-order valence-corrected chi connectivity index (χ4v) is 4.90. The van der Waals surface area contributed by atoms with Gasteiger partial charge in [0.2, 0.25) is 5.78 Å². The predicted octanol–water partition coefficient (Wildman–Crippen LogP) is 4.33. The summed E-state index contributed by atoms with van der Waals surface area (Å²) in [5, 5.41) is 12.0. The lowest BCUT2D eigenvalue weighted by Crippen LogP contribution is -2.38. The third kappa shape index (κ3) is 4.15. The number of hydrogen-bond donors (Lipinski definition) is 1. The van der Waals surface area contributed by atoms with Crippen molar-refractivity contribution < 1.29 is 14.7 Å². The number of aliphatic hydroxyl groups is 1. The minimum atomic E-state index is -0.740. The lowest BCUT2D eigenvalue weighted by molar-refractivity contribution is -0.129. The number of rotatable bonds is 8. The molecule has 0 fully saturated rings. The van der Waals surface area contributed by atoms with Crippen LogP contribution in [-0.2, 0) is 4.79 Å². The first-order chi connectivity index (χ1) is 14.3. The molecule has 0 aliphatic carbocycles. The van der Waals surface area contributed by atoms with Crippen LogP contribution in [-0.4, -0.2) is 57.8 Å². The second-order valence-corrected chi connectivity index (χ2v) is 8.80. The number of amides is 1. The van der Waals surface area contributed by atoms with Gasteiger partial charge < -0.3 is 14.9 Å². The molecule has 1 unspecified atom stereocenters. The highest BCUT2D eigenvalue weighted by Gasteiger charge is 2.45. The maximum atomic E-state index is 13.4. The van der Waals surface area contributed by atoms with Crippen molar-refractivity contribution in [1.82, 2.24) is 14.8 Å². The van der Waals surface area contributed by atoms with E-state index in [0.717, 1.165) is 18.1 Å². The van der Waals surface area contributed by atoms with E-state index in [9.17, 15) is 14.7 Å². The van der Waals surface area contributed by atoms with E-state index < -0.39 is 17.7 Å². The number of hydrogen-bond acceptors (Lipinski definition) is 6. The van der Waals surface area contributed by atoms with Crippen molar-refractivity contribution >= 4 is 34.6 Å². The summed E-state index contributed by atoms with van der Waals surface area (Å²) in [6.45, 7) is 10.4. The number of thiazole rings is 1. The lowest BCUT2D eigenvalue weighted by Gasteiger charge is -2.29. The number of halogens is 1. The normalized spacial score (nSPS) is 16.8. The van der Waals surface area contributed by atoms with E-state index in [1.807, 2.05) is 13.0 Å². The van der Waals surface area contributed by atoms with Crippen LogP contribution in [0.3, 0.4) is 0 Å². The zero-order valence-corrected chi connectivity index (χ0v) is 19.2. The molecule has 0 radical (unpaired) electrons. The molecule has 2 heterocycles. The molecule has 30 heavy (non-hydrogen) atoms. The smallest absolute Gasteiger partial charge is 0.290 e. The number of benzene rings is 1. The number of carbonyl (C=O) groups is 2. The van der Waals surface area contributed by atoms with Crippen LogP contribution in [0.1, 0.15) is 45.8 Å². The van der Waals surface area contributed by atoms with Crippen LogP contribution < -0.4 is 0 Å².